The number of methoxy groups -OCH3 is 1. The van der Waals surface area contributed by atoms with Crippen LogP contribution in [0.25, 0.3) is 0 Å². The largest absolute Gasteiger partial charge is 0.495 e. The van der Waals surface area contributed by atoms with Crippen LogP contribution in [0.5, 0.6) is 5.75 Å². The minimum atomic E-state index is -4.02. The van der Waals surface area contributed by atoms with Gasteiger partial charge in [0.2, 0.25) is 15.9 Å². The van der Waals surface area contributed by atoms with Gasteiger partial charge in [0.05, 0.1) is 7.11 Å². The molecule has 2 aromatic rings. The van der Waals surface area contributed by atoms with Gasteiger partial charge in [0.15, 0.2) is 0 Å². The molecule has 0 bridgehead atoms. The van der Waals surface area contributed by atoms with Crippen molar-refractivity contribution < 1.29 is 22.3 Å². The number of nitrogens with one attached hydrogen (secondary N) is 1. The van der Waals surface area contributed by atoms with Gasteiger partial charge in [-0.3, -0.25) is 4.79 Å². The summed E-state index contributed by atoms with van der Waals surface area (Å²) in [6.07, 6.45) is 0.290. The van der Waals surface area contributed by atoms with Crippen molar-refractivity contribution in [1.82, 2.24) is 4.72 Å². The highest BCUT2D eigenvalue weighted by Gasteiger charge is 2.36. The monoisotopic (exact) mass is 398 g/mol. The molecule has 6 nitrogen and oxygen atoms in total. The summed E-state index contributed by atoms with van der Waals surface area (Å²) >= 11 is 5.89. The van der Waals surface area contributed by atoms with Crippen molar-refractivity contribution in [3.8, 4) is 5.75 Å². The first kappa shape index (κ1) is 18.6. The molecule has 1 aliphatic rings. The van der Waals surface area contributed by atoms with E-state index in [1.165, 1.54) is 54.5 Å². The Hall–Kier alpha value is -2.16. The molecular formula is C17H16ClFN2O4S. The van der Waals surface area contributed by atoms with Gasteiger partial charge < -0.3 is 9.64 Å². The third kappa shape index (κ3) is 3.67. The van der Waals surface area contributed by atoms with E-state index in [2.05, 4.69) is 4.72 Å². The lowest BCUT2D eigenvalue weighted by atomic mass is 10.3. The van der Waals surface area contributed by atoms with Gasteiger partial charge in [0.25, 0.3) is 0 Å². The van der Waals surface area contributed by atoms with Crippen molar-refractivity contribution >= 4 is 33.2 Å². The van der Waals surface area contributed by atoms with Crippen LogP contribution in [0.15, 0.2) is 47.4 Å². The Bertz CT molecular complexity index is 934. The third-order valence-corrected chi connectivity index (χ3v) is 5.78. The number of benzene rings is 2. The number of halogens is 2. The summed E-state index contributed by atoms with van der Waals surface area (Å²) in [6, 6.07) is 8.74. The summed E-state index contributed by atoms with van der Waals surface area (Å²) in [6.45, 7) is 0.324. The molecule has 138 valence electrons. The van der Waals surface area contributed by atoms with Crippen LogP contribution in [0.3, 0.4) is 0 Å². The van der Waals surface area contributed by atoms with E-state index in [-0.39, 0.29) is 15.7 Å². The SMILES string of the molecule is COc1ccc(Cl)cc1S(=O)(=O)N[C@@H]1CCN(c2ccc(F)cc2)C1=O. The summed E-state index contributed by atoms with van der Waals surface area (Å²) in [7, 11) is -2.67. The van der Waals surface area contributed by atoms with E-state index in [4.69, 9.17) is 16.3 Å². The summed E-state index contributed by atoms with van der Waals surface area (Å²) in [5, 5.41) is 0.233. The van der Waals surface area contributed by atoms with Crippen LogP contribution in [0.2, 0.25) is 5.02 Å². The molecule has 26 heavy (non-hydrogen) atoms. The summed E-state index contributed by atoms with van der Waals surface area (Å²) in [4.78, 5) is 13.8. The van der Waals surface area contributed by atoms with Gasteiger partial charge >= 0.3 is 0 Å². The molecule has 9 heteroatoms. The molecule has 1 fully saturated rings. The van der Waals surface area contributed by atoms with Gasteiger partial charge in [0, 0.05) is 17.3 Å². The lowest BCUT2D eigenvalue weighted by molar-refractivity contribution is -0.118. The fourth-order valence-corrected chi connectivity index (χ4v) is 4.43. The highest BCUT2D eigenvalue weighted by Crippen LogP contribution is 2.28. The van der Waals surface area contributed by atoms with Gasteiger partial charge in [-0.15, -0.1) is 0 Å². The van der Waals surface area contributed by atoms with Crippen molar-refractivity contribution in [2.24, 2.45) is 0 Å². The molecule has 3 rings (SSSR count). The number of sulfonamides is 1. The Labute approximate surface area is 155 Å². The van der Waals surface area contributed by atoms with E-state index < -0.39 is 27.8 Å². The predicted molar refractivity (Wildman–Crippen MR) is 95.5 cm³/mol. The fourth-order valence-electron chi connectivity index (χ4n) is 2.78. The van der Waals surface area contributed by atoms with Gasteiger partial charge in [-0.25, -0.2) is 12.8 Å². The van der Waals surface area contributed by atoms with Gasteiger partial charge in [-0.1, -0.05) is 11.6 Å². The van der Waals surface area contributed by atoms with Crippen molar-refractivity contribution in [3.05, 3.63) is 53.3 Å². The average molecular weight is 399 g/mol. The quantitative estimate of drug-likeness (QED) is 0.839. The zero-order valence-electron chi connectivity index (χ0n) is 13.8. The Morgan fingerprint density at radius 3 is 2.58 bits per heavy atom. The highest BCUT2D eigenvalue weighted by atomic mass is 35.5. The van der Waals surface area contributed by atoms with Gasteiger partial charge in [0.1, 0.15) is 22.5 Å². The maximum atomic E-state index is 13.0. The van der Waals surface area contributed by atoms with E-state index in [1.807, 2.05) is 0 Å². The number of anilines is 1. The minimum absolute atomic E-state index is 0.128. The zero-order valence-corrected chi connectivity index (χ0v) is 15.3. The molecule has 0 saturated carbocycles. The van der Waals surface area contributed by atoms with Gasteiger partial charge in [-0.2, -0.15) is 4.72 Å². The number of hydrogen-bond acceptors (Lipinski definition) is 4. The first-order valence-electron chi connectivity index (χ1n) is 7.74. The molecule has 0 aromatic heterocycles. The van der Waals surface area contributed by atoms with Crippen molar-refractivity contribution in [2.75, 3.05) is 18.6 Å². The number of hydrogen-bond donors (Lipinski definition) is 1. The molecule has 0 unspecified atom stereocenters. The van der Waals surface area contributed by atoms with E-state index in [9.17, 15) is 17.6 Å². The van der Waals surface area contributed by atoms with Crippen LogP contribution in [0.4, 0.5) is 10.1 Å². The highest BCUT2D eigenvalue weighted by molar-refractivity contribution is 7.89. The Balaban J connectivity index is 1.82. The fraction of sp³-hybridized carbons (Fsp3) is 0.235. The number of carbonyl (C=O) groups excluding carboxylic acids is 1. The Kier molecular flexibility index (Phi) is 5.17. The maximum absolute atomic E-state index is 13.0. The first-order valence-corrected chi connectivity index (χ1v) is 9.61. The maximum Gasteiger partial charge on any atom is 0.245 e. The summed E-state index contributed by atoms with van der Waals surface area (Å²) < 4.78 is 45.9. The number of rotatable bonds is 5. The molecule has 2 aromatic carbocycles. The second-order valence-electron chi connectivity index (χ2n) is 5.72. The Morgan fingerprint density at radius 1 is 1.23 bits per heavy atom. The van der Waals surface area contributed by atoms with Crippen LogP contribution in [0.1, 0.15) is 6.42 Å². The van der Waals surface area contributed by atoms with E-state index in [1.54, 1.807) is 0 Å². The molecular weight excluding hydrogens is 383 g/mol. The zero-order chi connectivity index (χ0) is 18.9. The number of amides is 1. The van der Waals surface area contributed by atoms with Crippen LogP contribution >= 0.6 is 11.6 Å². The van der Waals surface area contributed by atoms with Crippen molar-refractivity contribution in [3.63, 3.8) is 0 Å². The molecule has 1 amide bonds. The van der Waals surface area contributed by atoms with Crippen molar-refractivity contribution in [2.45, 2.75) is 17.4 Å². The number of nitrogens with zero attached hydrogens (tertiary/aromatic N) is 1. The molecule has 0 aliphatic carbocycles. The van der Waals surface area contributed by atoms with E-state index in [0.717, 1.165) is 0 Å². The van der Waals surface area contributed by atoms with Crippen LogP contribution < -0.4 is 14.4 Å². The molecule has 0 spiro atoms. The predicted octanol–water partition coefficient (Wildman–Crippen LogP) is 2.57. The lowest BCUT2D eigenvalue weighted by Crippen LogP contribution is -2.41. The van der Waals surface area contributed by atoms with E-state index >= 15 is 0 Å². The third-order valence-electron chi connectivity index (χ3n) is 4.06. The first-order chi connectivity index (χ1) is 12.3. The average Bonchev–Trinajstić information content (AvgIpc) is 2.96. The second-order valence-corrected chi connectivity index (χ2v) is 7.84. The molecule has 1 heterocycles. The molecule has 1 aliphatic heterocycles. The van der Waals surface area contributed by atoms with Crippen LogP contribution in [0, 0.1) is 5.82 Å². The second kappa shape index (κ2) is 7.22. The van der Waals surface area contributed by atoms with Crippen molar-refractivity contribution in [1.29, 1.82) is 0 Å². The molecule has 1 N–H and O–H groups in total. The number of ether oxygens (including phenoxy) is 1. The minimum Gasteiger partial charge on any atom is -0.495 e. The standard InChI is InChI=1S/C17H16ClFN2O4S/c1-25-15-7-2-11(18)10-16(15)26(23,24)20-14-8-9-21(17(14)22)13-5-3-12(19)4-6-13/h2-7,10,14,20H,8-9H2,1H3/t14-/m1/s1. The smallest absolute Gasteiger partial charge is 0.245 e. The summed E-state index contributed by atoms with van der Waals surface area (Å²) in [5.74, 6) is -0.686. The normalized spacial score (nSPS) is 17.6. The Morgan fingerprint density at radius 2 is 1.92 bits per heavy atom. The van der Waals surface area contributed by atoms with Gasteiger partial charge in [-0.05, 0) is 48.9 Å². The molecule has 1 saturated heterocycles. The van der Waals surface area contributed by atoms with Crippen LogP contribution in [-0.4, -0.2) is 34.0 Å². The van der Waals surface area contributed by atoms with E-state index in [0.29, 0.717) is 18.7 Å². The molecule has 1 atom stereocenters. The summed E-state index contributed by atoms with van der Waals surface area (Å²) in [5.41, 5.74) is 0.512. The lowest BCUT2D eigenvalue weighted by Gasteiger charge is -2.18. The molecule has 0 radical (unpaired) electrons. The topological polar surface area (TPSA) is 75.7 Å². The number of carbonyl (C=O) groups is 1. The van der Waals surface area contributed by atoms with Crippen LogP contribution in [-0.2, 0) is 14.8 Å².